The average Bonchev–Trinajstić information content (AvgIpc) is 3.43. The zero-order valence-electron chi connectivity index (χ0n) is 17.1. The second-order valence-corrected chi connectivity index (χ2v) is 8.10. The molecule has 10 heteroatoms. The summed E-state index contributed by atoms with van der Waals surface area (Å²) in [4.78, 5) is 10.3. The van der Waals surface area contributed by atoms with Gasteiger partial charge in [-0.15, -0.1) is 0 Å². The van der Waals surface area contributed by atoms with Crippen LogP contribution in [0.15, 0.2) is 59.7 Å². The Bertz CT molecular complexity index is 1340. The van der Waals surface area contributed by atoms with E-state index in [4.69, 9.17) is 16.0 Å². The maximum Gasteiger partial charge on any atom is 0.420 e. The Labute approximate surface area is 190 Å². The van der Waals surface area contributed by atoms with Crippen molar-refractivity contribution in [2.45, 2.75) is 19.1 Å². The van der Waals surface area contributed by atoms with Crippen molar-refractivity contribution in [3.8, 4) is 11.1 Å². The molecule has 4 aromatic rings. The number of rotatable bonds is 4. The van der Waals surface area contributed by atoms with E-state index < -0.39 is 11.7 Å². The highest BCUT2D eigenvalue weighted by atomic mass is 35.5. The van der Waals surface area contributed by atoms with Gasteiger partial charge in [0.25, 0.3) is 0 Å². The number of alkyl halides is 3. The van der Waals surface area contributed by atoms with Crippen molar-refractivity contribution in [1.82, 2.24) is 19.3 Å². The van der Waals surface area contributed by atoms with Crippen LogP contribution in [-0.4, -0.2) is 32.4 Å². The lowest BCUT2D eigenvalue weighted by Crippen LogP contribution is -2.28. The molecular weight excluding hydrogens is 460 g/mol. The molecular formula is C23H17ClF4N4O. The van der Waals surface area contributed by atoms with Crippen molar-refractivity contribution in [3.63, 3.8) is 0 Å². The minimum absolute atomic E-state index is 0.117. The Balaban J connectivity index is 1.46. The molecule has 5 nitrogen and oxygen atoms in total. The Morgan fingerprint density at radius 1 is 1.18 bits per heavy atom. The van der Waals surface area contributed by atoms with Crippen molar-refractivity contribution < 1.29 is 22.0 Å². The highest BCUT2D eigenvalue weighted by Crippen LogP contribution is 2.37. The molecule has 0 bridgehead atoms. The molecule has 4 aromatic heterocycles. The lowest BCUT2D eigenvalue weighted by molar-refractivity contribution is -0.136. The zero-order valence-corrected chi connectivity index (χ0v) is 17.9. The third kappa shape index (κ3) is 4.14. The van der Waals surface area contributed by atoms with E-state index >= 15 is 0 Å². The summed E-state index contributed by atoms with van der Waals surface area (Å²) in [7, 11) is 0. The maximum absolute atomic E-state index is 14.0. The third-order valence-electron chi connectivity index (χ3n) is 5.62. The summed E-state index contributed by atoms with van der Waals surface area (Å²) < 4.78 is 61.7. The van der Waals surface area contributed by atoms with E-state index in [-0.39, 0.29) is 23.2 Å². The molecule has 0 amide bonds. The van der Waals surface area contributed by atoms with Crippen LogP contribution in [0.4, 0.5) is 17.6 Å². The SMILES string of the molecule is Fc1cccnc1C1=CCN(Cc2nc3c(C(F)(F)F)cc(-c4ccoc4)cn3c2Cl)CC1. The highest BCUT2D eigenvalue weighted by molar-refractivity contribution is 6.30. The van der Waals surface area contributed by atoms with E-state index in [0.717, 1.165) is 11.6 Å². The first-order valence-electron chi connectivity index (χ1n) is 10.1. The van der Waals surface area contributed by atoms with Gasteiger partial charge in [-0.1, -0.05) is 17.7 Å². The second kappa shape index (κ2) is 8.31. The summed E-state index contributed by atoms with van der Waals surface area (Å²) >= 11 is 6.49. The van der Waals surface area contributed by atoms with Gasteiger partial charge in [-0.25, -0.2) is 9.37 Å². The minimum atomic E-state index is -4.61. The third-order valence-corrected chi connectivity index (χ3v) is 6.02. The number of hydrogen-bond acceptors (Lipinski definition) is 4. The molecule has 1 aliphatic rings. The molecule has 33 heavy (non-hydrogen) atoms. The van der Waals surface area contributed by atoms with Gasteiger partial charge in [0.15, 0.2) is 5.65 Å². The van der Waals surface area contributed by atoms with E-state index in [1.54, 1.807) is 6.07 Å². The van der Waals surface area contributed by atoms with E-state index in [9.17, 15) is 17.6 Å². The molecule has 0 aliphatic carbocycles. The summed E-state index contributed by atoms with van der Waals surface area (Å²) in [5, 5.41) is 0.117. The molecule has 0 radical (unpaired) electrons. The van der Waals surface area contributed by atoms with Crippen LogP contribution in [-0.2, 0) is 12.7 Å². The van der Waals surface area contributed by atoms with E-state index in [1.165, 1.54) is 41.5 Å². The number of aromatic nitrogens is 3. The van der Waals surface area contributed by atoms with Crippen molar-refractivity contribution in [3.05, 3.63) is 83.2 Å². The Kier molecular flexibility index (Phi) is 5.46. The summed E-state index contributed by atoms with van der Waals surface area (Å²) in [5.41, 5.74) is 1.16. The van der Waals surface area contributed by atoms with Crippen LogP contribution in [0.1, 0.15) is 23.4 Å². The number of nitrogens with zero attached hydrogens (tertiary/aromatic N) is 4. The topological polar surface area (TPSA) is 46.6 Å². The maximum atomic E-state index is 14.0. The van der Waals surface area contributed by atoms with Gasteiger partial charge in [-0.3, -0.25) is 14.3 Å². The number of halogens is 5. The van der Waals surface area contributed by atoms with Crippen LogP contribution >= 0.6 is 11.6 Å². The molecule has 1 aliphatic heterocycles. The minimum Gasteiger partial charge on any atom is -0.472 e. The number of furan rings is 1. The van der Waals surface area contributed by atoms with E-state index in [0.29, 0.717) is 42.0 Å². The zero-order chi connectivity index (χ0) is 23.2. The molecule has 0 N–H and O–H groups in total. The Morgan fingerprint density at radius 2 is 2.03 bits per heavy atom. The van der Waals surface area contributed by atoms with Crippen LogP contribution in [0.3, 0.4) is 0 Å². The normalized spacial score (nSPS) is 15.2. The summed E-state index contributed by atoms with van der Waals surface area (Å²) in [5.74, 6) is -0.381. The van der Waals surface area contributed by atoms with Crippen molar-refractivity contribution in [2.75, 3.05) is 13.1 Å². The van der Waals surface area contributed by atoms with Crippen LogP contribution in [0.25, 0.3) is 22.3 Å². The highest BCUT2D eigenvalue weighted by Gasteiger charge is 2.35. The molecule has 5 heterocycles. The molecule has 170 valence electrons. The fourth-order valence-electron chi connectivity index (χ4n) is 3.96. The monoisotopic (exact) mass is 476 g/mol. The van der Waals surface area contributed by atoms with Gasteiger partial charge < -0.3 is 4.42 Å². The van der Waals surface area contributed by atoms with Crippen LogP contribution in [0.5, 0.6) is 0 Å². The standard InChI is InChI=1S/C23H17ClF4N4O/c24-21-19(12-31-7-3-14(4-8-31)20-18(25)2-1-6-29-20)30-22-17(23(26,27)28)10-16(11-32(21)22)15-5-9-33-13-15/h1-3,5-6,9-11,13H,4,7-8,12H2. The van der Waals surface area contributed by atoms with Crippen molar-refractivity contribution in [1.29, 1.82) is 0 Å². The summed E-state index contributed by atoms with van der Waals surface area (Å²) in [6.07, 6.45) is 3.64. The average molecular weight is 477 g/mol. The van der Waals surface area contributed by atoms with Crippen LogP contribution < -0.4 is 0 Å². The number of pyridine rings is 2. The molecule has 0 unspecified atom stereocenters. The number of hydrogen-bond donors (Lipinski definition) is 0. The van der Waals surface area contributed by atoms with Gasteiger partial charge in [0.2, 0.25) is 0 Å². The molecule has 0 fully saturated rings. The van der Waals surface area contributed by atoms with Crippen molar-refractivity contribution in [2.24, 2.45) is 0 Å². The summed E-state index contributed by atoms with van der Waals surface area (Å²) in [6, 6.07) is 5.52. The lowest BCUT2D eigenvalue weighted by Gasteiger charge is -2.25. The van der Waals surface area contributed by atoms with Gasteiger partial charge in [0.05, 0.1) is 23.8 Å². The van der Waals surface area contributed by atoms with Crippen LogP contribution in [0.2, 0.25) is 5.15 Å². The van der Waals surface area contributed by atoms with Gasteiger partial charge in [-0.2, -0.15) is 13.2 Å². The van der Waals surface area contributed by atoms with Gasteiger partial charge in [0.1, 0.15) is 16.7 Å². The molecule has 0 saturated carbocycles. The first-order chi connectivity index (χ1) is 15.8. The summed E-state index contributed by atoms with van der Waals surface area (Å²) in [6.45, 7) is 1.30. The lowest BCUT2D eigenvalue weighted by atomic mass is 10.0. The second-order valence-electron chi connectivity index (χ2n) is 7.74. The fraction of sp³-hybridized carbons (Fsp3) is 0.217. The number of fused-ring (bicyclic) bond motifs is 1. The molecule has 0 spiro atoms. The van der Waals surface area contributed by atoms with Gasteiger partial charge in [0, 0.05) is 43.2 Å². The van der Waals surface area contributed by atoms with E-state index in [1.807, 2.05) is 11.0 Å². The Hall–Kier alpha value is -3.17. The molecule has 0 atom stereocenters. The molecule has 0 aromatic carbocycles. The Morgan fingerprint density at radius 3 is 2.70 bits per heavy atom. The predicted octanol–water partition coefficient (Wildman–Crippen LogP) is 6.09. The van der Waals surface area contributed by atoms with Crippen molar-refractivity contribution >= 4 is 22.8 Å². The quantitative estimate of drug-likeness (QED) is 0.334. The number of imidazole rings is 1. The largest absolute Gasteiger partial charge is 0.472 e. The molecule has 5 rings (SSSR count). The fourth-order valence-corrected chi connectivity index (χ4v) is 4.19. The van der Waals surface area contributed by atoms with Crippen LogP contribution in [0, 0.1) is 5.82 Å². The van der Waals surface area contributed by atoms with Gasteiger partial charge >= 0.3 is 6.18 Å². The van der Waals surface area contributed by atoms with Gasteiger partial charge in [-0.05, 0) is 36.3 Å². The molecule has 0 saturated heterocycles. The van der Waals surface area contributed by atoms with E-state index in [2.05, 4.69) is 9.97 Å². The first kappa shape index (κ1) is 21.7. The predicted molar refractivity (Wildman–Crippen MR) is 115 cm³/mol. The smallest absolute Gasteiger partial charge is 0.420 e. The first-order valence-corrected chi connectivity index (χ1v) is 10.5.